The average molecular weight is 582 g/mol. The Morgan fingerprint density at radius 3 is 2.52 bits per heavy atom. The Balaban J connectivity index is 0.000000383. The summed E-state index contributed by atoms with van der Waals surface area (Å²) in [7, 11) is 3.95. The first kappa shape index (κ1) is 35.5. The molecular formula is C33H51N5S2. The van der Waals surface area contributed by atoms with Crippen LogP contribution in [0.2, 0.25) is 0 Å². The fourth-order valence-corrected chi connectivity index (χ4v) is 5.48. The maximum atomic E-state index is 5.90. The van der Waals surface area contributed by atoms with Crippen LogP contribution in [-0.4, -0.2) is 54.4 Å². The van der Waals surface area contributed by atoms with Crippen molar-refractivity contribution >= 4 is 39.9 Å². The van der Waals surface area contributed by atoms with Gasteiger partial charge in [-0.05, 0) is 89.9 Å². The first-order valence-electron chi connectivity index (χ1n) is 14.3. The Morgan fingerprint density at radius 2 is 1.95 bits per heavy atom. The van der Waals surface area contributed by atoms with Gasteiger partial charge in [-0.25, -0.2) is 9.97 Å². The summed E-state index contributed by atoms with van der Waals surface area (Å²) in [6, 6.07) is 6.02. The normalized spacial score (nSPS) is 13.3. The van der Waals surface area contributed by atoms with E-state index in [9.17, 15) is 0 Å². The molecule has 0 saturated heterocycles. The third-order valence-electron chi connectivity index (χ3n) is 6.28. The summed E-state index contributed by atoms with van der Waals surface area (Å²) in [5.41, 5.74) is 5.54. The molecule has 1 aliphatic carbocycles. The molecule has 0 bridgehead atoms. The molecule has 2 aromatic heterocycles. The predicted molar refractivity (Wildman–Crippen MR) is 181 cm³/mol. The van der Waals surface area contributed by atoms with Gasteiger partial charge in [-0.1, -0.05) is 66.9 Å². The van der Waals surface area contributed by atoms with Gasteiger partial charge in [0, 0.05) is 14.1 Å². The molecule has 0 fully saturated rings. The lowest BCUT2D eigenvalue weighted by molar-refractivity contribution is 0.255. The van der Waals surface area contributed by atoms with E-state index in [-0.39, 0.29) is 6.04 Å². The lowest BCUT2D eigenvalue weighted by Crippen LogP contribution is -2.37. The second kappa shape index (κ2) is 19.5. The summed E-state index contributed by atoms with van der Waals surface area (Å²) in [5.74, 6) is 4.79. The minimum absolute atomic E-state index is 0.130. The van der Waals surface area contributed by atoms with E-state index < -0.39 is 0 Å². The number of hydrogen-bond donors (Lipinski definition) is 1. The highest BCUT2D eigenvalue weighted by Gasteiger charge is 2.22. The maximum Gasteiger partial charge on any atom is 0.189 e. The number of thiazole rings is 1. The summed E-state index contributed by atoms with van der Waals surface area (Å²) in [6.07, 6.45) is 17.8. The molecule has 5 nitrogen and oxygen atoms in total. The molecule has 0 aromatic carbocycles. The second-order valence-electron chi connectivity index (χ2n) is 9.98. The van der Waals surface area contributed by atoms with Gasteiger partial charge in [0.25, 0.3) is 0 Å². The number of rotatable bonds is 12. The van der Waals surface area contributed by atoms with Crippen molar-refractivity contribution in [3.63, 3.8) is 0 Å². The number of pyridine rings is 1. The predicted octanol–water partition coefficient (Wildman–Crippen LogP) is 9.21. The van der Waals surface area contributed by atoms with Crippen LogP contribution in [0.25, 0.3) is 0 Å². The summed E-state index contributed by atoms with van der Waals surface area (Å²) in [4.78, 5) is 13.2. The quantitative estimate of drug-likeness (QED) is 0.153. The van der Waals surface area contributed by atoms with Crippen LogP contribution in [0.1, 0.15) is 73.6 Å². The molecule has 0 spiro atoms. The van der Waals surface area contributed by atoms with E-state index in [1.165, 1.54) is 32.9 Å². The number of allylic oxidation sites excluding steroid dienone is 3. The maximum absolute atomic E-state index is 5.90. The van der Waals surface area contributed by atoms with Gasteiger partial charge in [0.2, 0.25) is 0 Å². The van der Waals surface area contributed by atoms with Crippen molar-refractivity contribution in [3.8, 4) is 12.3 Å². The first-order chi connectivity index (χ1) is 19.2. The molecule has 0 aliphatic heterocycles. The summed E-state index contributed by atoms with van der Waals surface area (Å²) < 4.78 is 1.19. The van der Waals surface area contributed by atoms with Crippen LogP contribution in [0, 0.1) is 12.3 Å². The minimum Gasteiger partial charge on any atom is -0.363 e. The lowest BCUT2D eigenvalue weighted by atomic mass is 9.89. The topological polar surface area (TPSA) is 44.3 Å². The second-order valence-corrected chi connectivity index (χ2v) is 12.1. The van der Waals surface area contributed by atoms with Gasteiger partial charge in [-0.15, -0.1) is 24.8 Å². The van der Waals surface area contributed by atoms with Gasteiger partial charge in [0.1, 0.15) is 11.6 Å². The Hall–Kier alpha value is -2.53. The van der Waals surface area contributed by atoms with E-state index in [1.54, 1.807) is 23.1 Å². The number of hydrogen-bond acceptors (Lipinski definition) is 7. The standard InChI is InChI=1S/C20H31N.C11H14N4S2.C2H6/c1-7-13-21(14-9-10-16(3)4)20(8-2)19-15-17(5)11-12-18(19)6;1-15(2)9-6-4-5-8(13-9)14-11-12-7-10(16-3)17-11;1-2/h2,15,20H,3,7,9-14H2,1,4-6H3;4-7H,1-3H3,(H,12,13,14);1-2H3. The molecule has 1 aliphatic rings. The zero-order valence-electron chi connectivity index (χ0n) is 26.3. The Kier molecular flexibility index (Phi) is 17.3. The van der Waals surface area contributed by atoms with Gasteiger partial charge in [-0.2, -0.15) is 0 Å². The monoisotopic (exact) mass is 581 g/mol. The average Bonchev–Trinajstić information content (AvgIpc) is 3.40. The van der Waals surface area contributed by atoms with Crippen molar-refractivity contribution in [1.29, 1.82) is 0 Å². The van der Waals surface area contributed by atoms with Crippen molar-refractivity contribution in [2.45, 2.75) is 83.9 Å². The van der Waals surface area contributed by atoms with Crippen LogP contribution in [0.4, 0.5) is 16.8 Å². The van der Waals surface area contributed by atoms with E-state index in [2.05, 4.69) is 66.5 Å². The van der Waals surface area contributed by atoms with E-state index in [4.69, 9.17) is 6.42 Å². The molecule has 7 heteroatoms. The first-order valence-corrected chi connectivity index (χ1v) is 16.3. The highest BCUT2D eigenvalue weighted by atomic mass is 32.2. The molecule has 40 heavy (non-hydrogen) atoms. The number of nitrogens with one attached hydrogen (secondary N) is 1. The molecule has 0 saturated carbocycles. The van der Waals surface area contributed by atoms with Crippen LogP contribution >= 0.6 is 23.1 Å². The van der Waals surface area contributed by atoms with Crippen molar-refractivity contribution in [3.05, 3.63) is 59.3 Å². The molecule has 1 unspecified atom stereocenters. The summed E-state index contributed by atoms with van der Waals surface area (Å²) in [5, 5.41) is 4.08. The minimum atomic E-state index is 0.130. The van der Waals surface area contributed by atoms with Crippen LogP contribution in [0.15, 0.2) is 63.6 Å². The zero-order valence-corrected chi connectivity index (χ0v) is 27.9. The van der Waals surface area contributed by atoms with Gasteiger partial charge in [-0.3, -0.25) is 4.90 Å². The molecule has 1 N–H and O–H groups in total. The third kappa shape index (κ3) is 12.3. The lowest BCUT2D eigenvalue weighted by Gasteiger charge is -2.31. The van der Waals surface area contributed by atoms with Crippen molar-refractivity contribution in [2.75, 3.05) is 43.7 Å². The Morgan fingerprint density at radius 1 is 1.23 bits per heavy atom. The summed E-state index contributed by atoms with van der Waals surface area (Å²) in [6.45, 7) is 18.9. The van der Waals surface area contributed by atoms with Crippen molar-refractivity contribution in [2.24, 2.45) is 0 Å². The molecule has 0 amide bonds. The van der Waals surface area contributed by atoms with E-state index in [0.717, 1.165) is 55.5 Å². The number of thioether (sulfide) groups is 1. The molecule has 0 radical (unpaired) electrons. The van der Waals surface area contributed by atoms with Gasteiger partial charge in [0.15, 0.2) is 5.13 Å². The van der Waals surface area contributed by atoms with Crippen LogP contribution in [0.5, 0.6) is 0 Å². The zero-order chi connectivity index (χ0) is 30.1. The third-order valence-corrected chi connectivity index (χ3v) is 8.24. The number of nitrogens with zero attached hydrogens (tertiary/aromatic N) is 4. The fraction of sp³-hybridized carbons (Fsp3) is 0.515. The smallest absolute Gasteiger partial charge is 0.189 e. The SMILES string of the molecule is C#CC(C1=C(C)CCC(C)=C1)N(CCC)CCCC(=C)C.CC.CSc1cnc(Nc2cccc(N(C)C)n2)s1. The van der Waals surface area contributed by atoms with Gasteiger partial charge in [0.05, 0.1) is 16.4 Å². The molecule has 2 aromatic rings. The number of aromatic nitrogens is 2. The van der Waals surface area contributed by atoms with E-state index in [0.29, 0.717) is 0 Å². The molecule has 3 rings (SSSR count). The van der Waals surface area contributed by atoms with Gasteiger partial charge < -0.3 is 10.2 Å². The number of terminal acetylenes is 1. The van der Waals surface area contributed by atoms with E-state index in [1.807, 2.05) is 63.5 Å². The molecular weight excluding hydrogens is 531 g/mol. The number of anilines is 3. The van der Waals surface area contributed by atoms with Crippen LogP contribution in [-0.2, 0) is 0 Å². The van der Waals surface area contributed by atoms with Crippen LogP contribution < -0.4 is 10.2 Å². The van der Waals surface area contributed by atoms with Crippen molar-refractivity contribution < 1.29 is 0 Å². The Bertz CT molecular complexity index is 1140. The highest BCUT2D eigenvalue weighted by Crippen LogP contribution is 2.29. The summed E-state index contributed by atoms with van der Waals surface area (Å²) >= 11 is 3.32. The van der Waals surface area contributed by atoms with Crippen molar-refractivity contribution in [1.82, 2.24) is 14.9 Å². The highest BCUT2D eigenvalue weighted by molar-refractivity contribution is 8.00. The van der Waals surface area contributed by atoms with E-state index >= 15 is 0 Å². The fourth-order valence-electron chi connectivity index (χ4n) is 4.20. The Labute approximate surface area is 253 Å². The van der Waals surface area contributed by atoms with Crippen LogP contribution in [0.3, 0.4) is 0 Å². The largest absolute Gasteiger partial charge is 0.363 e. The molecule has 220 valence electrons. The van der Waals surface area contributed by atoms with Gasteiger partial charge >= 0.3 is 0 Å². The molecule has 1 atom stereocenters. The molecule has 2 heterocycles.